The SMILES string of the molecule is CCN(CC)[C@H]1CCN(C(=O)NCc2cc(C(C)C)no2)C1. The number of likely N-dealkylation sites (N-methyl/N-ethyl adjacent to an activating group) is 1. The maximum atomic E-state index is 12.2. The number of hydrogen-bond donors (Lipinski definition) is 1. The molecule has 0 spiro atoms. The Balaban J connectivity index is 1.80. The highest BCUT2D eigenvalue weighted by Crippen LogP contribution is 2.16. The Hall–Kier alpha value is -1.56. The Bertz CT molecular complexity index is 482. The number of nitrogens with one attached hydrogen (secondary N) is 1. The number of hydrogen-bond acceptors (Lipinski definition) is 4. The van der Waals surface area contributed by atoms with Crippen molar-refractivity contribution in [3.05, 3.63) is 17.5 Å². The molecular formula is C16H28N4O2. The summed E-state index contributed by atoms with van der Waals surface area (Å²) in [5.41, 5.74) is 0.923. The van der Waals surface area contributed by atoms with E-state index >= 15 is 0 Å². The molecule has 0 unspecified atom stereocenters. The molecule has 2 heterocycles. The molecular weight excluding hydrogens is 280 g/mol. The maximum Gasteiger partial charge on any atom is 0.317 e. The van der Waals surface area contributed by atoms with Gasteiger partial charge >= 0.3 is 6.03 Å². The summed E-state index contributed by atoms with van der Waals surface area (Å²) in [6.07, 6.45) is 1.05. The maximum absolute atomic E-state index is 12.2. The highest BCUT2D eigenvalue weighted by Gasteiger charge is 2.29. The van der Waals surface area contributed by atoms with E-state index in [2.05, 4.69) is 43.1 Å². The number of aromatic nitrogens is 1. The van der Waals surface area contributed by atoms with Crippen molar-refractivity contribution in [2.24, 2.45) is 0 Å². The van der Waals surface area contributed by atoms with Gasteiger partial charge in [0.05, 0.1) is 12.2 Å². The van der Waals surface area contributed by atoms with E-state index in [1.54, 1.807) is 0 Å². The van der Waals surface area contributed by atoms with Crippen LogP contribution in [-0.2, 0) is 6.54 Å². The van der Waals surface area contributed by atoms with Gasteiger partial charge in [0.1, 0.15) is 0 Å². The Morgan fingerprint density at radius 2 is 2.23 bits per heavy atom. The van der Waals surface area contributed by atoms with Crippen LogP contribution in [0.1, 0.15) is 51.5 Å². The van der Waals surface area contributed by atoms with Crippen LogP contribution >= 0.6 is 0 Å². The smallest absolute Gasteiger partial charge is 0.317 e. The van der Waals surface area contributed by atoms with Gasteiger partial charge < -0.3 is 14.7 Å². The second-order valence-electron chi connectivity index (χ2n) is 6.14. The number of likely N-dealkylation sites (tertiary alicyclic amines) is 1. The molecule has 1 saturated heterocycles. The van der Waals surface area contributed by atoms with Crippen molar-refractivity contribution in [2.75, 3.05) is 26.2 Å². The molecule has 2 amide bonds. The molecule has 0 aromatic carbocycles. The Morgan fingerprint density at radius 3 is 2.82 bits per heavy atom. The van der Waals surface area contributed by atoms with Crippen molar-refractivity contribution in [3.8, 4) is 0 Å². The third kappa shape index (κ3) is 4.00. The normalized spacial score (nSPS) is 18.5. The van der Waals surface area contributed by atoms with Crippen molar-refractivity contribution in [1.29, 1.82) is 0 Å². The number of carbonyl (C=O) groups is 1. The van der Waals surface area contributed by atoms with E-state index in [-0.39, 0.29) is 6.03 Å². The van der Waals surface area contributed by atoms with Crippen molar-refractivity contribution in [1.82, 2.24) is 20.3 Å². The lowest BCUT2D eigenvalue weighted by molar-refractivity contribution is 0.191. The molecule has 1 fully saturated rings. The fraction of sp³-hybridized carbons (Fsp3) is 0.750. The molecule has 1 aliphatic rings. The second-order valence-corrected chi connectivity index (χ2v) is 6.14. The zero-order valence-electron chi connectivity index (χ0n) is 14.1. The van der Waals surface area contributed by atoms with Crippen molar-refractivity contribution in [2.45, 2.75) is 52.6 Å². The van der Waals surface area contributed by atoms with Gasteiger partial charge in [-0.2, -0.15) is 0 Å². The second kappa shape index (κ2) is 7.63. The third-order valence-corrected chi connectivity index (χ3v) is 4.36. The molecule has 1 atom stereocenters. The number of nitrogens with zero attached hydrogens (tertiary/aromatic N) is 3. The molecule has 0 saturated carbocycles. The van der Waals surface area contributed by atoms with Gasteiger partial charge in [-0.3, -0.25) is 4.90 Å². The molecule has 6 nitrogen and oxygen atoms in total. The summed E-state index contributed by atoms with van der Waals surface area (Å²) in [6.45, 7) is 12.6. The number of carbonyl (C=O) groups excluding carboxylic acids is 1. The zero-order valence-corrected chi connectivity index (χ0v) is 14.1. The van der Waals surface area contributed by atoms with Crippen LogP contribution in [0.2, 0.25) is 0 Å². The van der Waals surface area contributed by atoms with Crippen LogP contribution in [0.3, 0.4) is 0 Å². The quantitative estimate of drug-likeness (QED) is 0.877. The minimum Gasteiger partial charge on any atom is -0.359 e. The lowest BCUT2D eigenvalue weighted by Crippen LogP contribution is -2.42. The number of urea groups is 1. The number of rotatable bonds is 6. The molecule has 1 aliphatic heterocycles. The molecule has 1 aromatic rings. The first-order valence-electron chi connectivity index (χ1n) is 8.27. The topological polar surface area (TPSA) is 61.6 Å². The van der Waals surface area contributed by atoms with Gasteiger partial charge in [0.2, 0.25) is 0 Å². The van der Waals surface area contributed by atoms with Gasteiger partial charge in [-0.15, -0.1) is 0 Å². The summed E-state index contributed by atoms with van der Waals surface area (Å²) in [7, 11) is 0. The van der Waals surface area contributed by atoms with Gasteiger partial charge in [0, 0.05) is 25.2 Å². The lowest BCUT2D eigenvalue weighted by atomic mass is 10.1. The van der Waals surface area contributed by atoms with Gasteiger partial charge in [-0.1, -0.05) is 32.9 Å². The van der Waals surface area contributed by atoms with E-state index in [1.807, 2.05) is 11.0 Å². The monoisotopic (exact) mass is 308 g/mol. The molecule has 0 aliphatic carbocycles. The van der Waals surface area contributed by atoms with Crippen LogP contribution in [0, 0.1) is 0 Å². The Morgan fingerprint density at radius 1 is 1.50 bits per heavy atom. The van der Waals surface area contributed by atoms with Gasteiger partial charge in [-0.25, -0.2) is 4.79 Å². The average Bonchev–Trinajstić information content (AvgIpc) is 3.15. The molecule has 0 bridgehead atoms. The summed E-state index contributed by atoms with van der Waals surface area (Å²) in [4.78, 5) is 16.5. The molecule has 2 rings (SSSR count). The van der Waals surface area contributed by atoms with E-state index in [9.17, 15) is 4.79 Å². The van der Waals surface area contributed by atoms with E-state index in [1.165, 1.54) is 0 Å². The minimum atomic E-state index is -0.0165. The summed E-state index contributed by atoms with van der Waals surface area (Å²) in [5.74, 6) is 1.04. The van der Waals surface area contributed by atoms with Gasteiger partial charge in [-0.05, 0) is 25.4 Å². The van der Waals surface area contributed by atoms with Crippen LogP contribution in [0.25, 0.3) is 0 Å². The van der Waals surface area contributed by atoms with Crippen LogP contribution < -0.4 is 5.32 Å². The summed E-state index contributed by atoms with van der Waals surface area (Å²) in [6, 6.07) is 2.38. The van der Waals surface area contributed by atoms with E-state index < -0.39 is 0 Å². The molecule has 124 valence electrons. The van der Waals surface area contributed by atoms with E-state index in [0.717, 1.165) is 38.3 Å². The fourth-order valence-electron chi connectivity index (χ4n) is 2.92. The van der Waals surface area contributed by atoms with Crippen LogP contribution in [0.5, 0.6) is 0 Å². The van der Waals surface area contributed by atoms with Crippen molar-refractivity contribution >= 4 is 6.03 Å². The molecule has 1 N–H and O–H groups in total. The Labute approximate surface area is 132 Å². The third-order valence-electron chi connectivity index (χ3n) is 4.36. The predicted octanol–water partition coefficient (Wildman–Crippen LogP) is 2.42. The lowest BCUT2D eigenvalue weighted by Gasteiger charge is -2.26. The first kappa shape index (κ1) is 16.8. The first-order valence-corrected chi connectivity index (χ1v) is 8.27. The number of amides is 2. The van der Waals surface area contributed by atoms with Crippen LogP contribution in [-0.4, -0.2) is 53.2 Å². The molecule has 0 radical (unpaired) electrons. The summed E-state index contributed by atoms with van der Waals surface area (Å²) < 4.78 is 5.24. The van der Waals surface area contributed by atoms with Gasteiger partial charge in [0.25, 0.3) is 0 Å². The average molecular weight is 308 g/mol. The van der Waals surface area contributed by atoms with E-state index in [0.29, 0.717) is 24.3 Å². The van der Waals surface area contributed by atoms with Crippen molar-refractivity contribution < 1.29 is 9.32 Å². The first-order chi connectivity index (χ1) is 10.5. The fourth-order valence-corrected chi connectivity index (χ4v) is 2.92. The van der Waals surface area contributed by atoms with Gasteiger partial charge in [0.15, 0.2) is 5.76 Å². The van der Waals surface area contributed by atoms with E-state index in [4.69, 9.17) is 4.52 Å². The predicted molar refractivity (Wildman–Crippen MR) is 85.7 cm³/mol. The van der Waals surface area contributed by atoms with Crippen molar-refractivity contribution in [3.63, 3.8) is 0 Å². The largest absolute Gasteiger partial charge is 0.359 e. The molecule has 22 heavy (non-hydrogen) atoms. The molecule has 1 aromatic heterocycles. The standard InChI is InChI=1S/C16H28N4O2/c1-5-19(6-2)13-7-8-20(11-13)16(21)17-10-14-9-15(12(3)4)18-22-14/h9,12-13H,5-8,10-11H2,1-4H3,(H,17,21)/t13-/m0/s1. The summed E-state index contributed by atoms with van der Waals surface area (Å²) >= 11 is 0. The minimum absolute atomic E-state index is 0.0165. The highest BCUT2D eigenvalue weighted by molar-refractivity contribution is 5.74. The zero-order chi connectivity index (χ0) is 16.1. The van der Waals surface area contributed by atoms with Crippen LogP contribution in [0.4, 0.5) is 4.79 Å². The highest BCUT2D eigenvalue weighted by atomic mass is 16.5. The Kier molecular flexibility index (Phi) is 5.83. The van der Waals surface area contributed by atoms with Crippen LogP contribution in [0.15, 0.2) is 10.6 Å². The molecule has 6 heteroatoms. The summed E-state index contributed by atoms with van der Waals surface area (Å²) in [5, 5.41) is 6.93.